The van der Waals surface area contributed by atoms with Gasteiger partial charge in [-0.1, -0.05) is 42.5 Å². The number of fused-ring (bicyclic) bond motifs is 5. The molecular formula is C36H33N3O5. The van der Waals surface area contributed by atoms with Gasteiger partial charge < -0.3 is 23.7 Å². The first-order valence-electron chi connectivity index (χ1n) is 14.9. The van der Waals surface area contributed by atoms with Crippen LogP contribution in [0, 0.1) is 5.92 Å². The summed E-state index contributed by atoms with van der Waals surface area (Å²) in [6.45, 7) is 6.37. The first-order chi connectivity index (χ1) is 21.2. The Balaban J connectivity index is 1.29. The van der Waals surface area contributed by atoms with E-state index in [1.54, 1.807) is 11.1 Å². The molecule has 1 saturated heterocycles. The van der Waals surface area contributed by atoms with Crippen LogP contribution in [-0.4, -0.2) is 45.2 Å². The predicted octanol–water partition coefficient (Wildman–Crippen LogP) is 7.59. The Hall–Kier alpha value is -5.11. The fourth-order valence-corrected chi connectivity index (χ4v) is 5.91. The first kappa shape index (κ1) is 27.7. The Morgan fingerprint density at radius 1 is 0.909 bits per heavy atom. The first-order valence-corrected chi connectivity index (χ1v) is 14.9. The highest BCUT2D eigenvalue weighted by Gasteiger charge is 2.34. The Labute approximate surface area is 255 Å². The molecule has 222 valence electrons. The summed E-state index contributed by atoms with van der Waals surface area (Å²) < 4.78 is 20.7. The molecule has 1 fully saturated rings. The summed E-state index contributed by atoms with van der Waals surface area (Å²) in [5.74, 6) is 0.692. The van der Waals surface area contributed by atoms with Gasteiger partial charge in [0.15, 0.2) is 17.3 Å². The number of carbonyl (C=O) groups excluding carboxylic acids is 2. The number of benzene rings is 3. The van der Waals surface area contributed by atoms with E-state index >= 15 is 0 Å². The second-order valence-electron chi connectivity index (χ2n) is 12.2. The monoisotopic (exact) mass is 587 g/mol. The van der Waals surface area contributed by atoms with Crippen LogP contribution in [0.25, 0.3) is 38.9 Å². The van der Waals surface area contributed by atoms with Crippen LogP contribution in [0.5, 0.6) is 5.75 Å². The molecule has 8 nitrogen and oxygen atoms in total. The Bertz CT molecular complexity index is 1940. The second kappa shape index (κ2) is 10.9. The summed E-state index contributed by atoms with van der Waals surface area (Å²) in [4.78, 5) is 32.7. The molecule has 0 unspecified atom stereocenters. The highest BCUT2D eigenvalue weighted by Crippen LogP contribution is 2.42. The summed E-state index contributed by atoms with van der Waals surface area (Å²) >= 11 is 0. The molecule has 0 radical (unpaired) electrons. The van der Waals surface area contributed by atoms with Gasteiger partial charge in [0, 0.05) is 36.4 Å². The zero-order valence-corrected chi connectivity index (χ0v) is 24.9. The van der Waals surface area contributed by atoms with Crippen molar-refractivity contribution in [3.8, 4) is 11.4 Å². The largest absolute Gasteiger partial charge is 0.450 e. The van der Waals surface area contributed by atoms with Gasteiger partial charge in [0.25, 0.3) is 0 Å². The van der Waals surface area contributed by atoms with E-state index in [4.69, 9.17) is 14.2 Å². The highest BCUT2D eigenvalue weighted by molar-refractivity contribution is 6.00. The van der Waals surface area contributed by atoms with E-state index in [-0.39, 0.29) is 18.0 Å². The molecule has 2 aromatic heterocycles. The lowest BCUT2D eigenvalue weighted by atomic mass is 9.97. The fraction of sp³-hybridized carbons (Fsp3) is 0.250. The van der Waals surface area contributed by atoms with Crippen molar-refractivity contribution in [2.75, 3.05) is 13.1 Å². The third-order valence-corrected chi connectivity index (χ3v) is 8.06. The van der Waals surface area contributed by atoms with Gasteiger partial charge in [-0.2, -0.15) is 0 Å². The Morgan fingerprint density at radius 3 is 2.45 bits per heavy atom. The average molecular weight is 588 g/mol. The molecule has 0 N–H and O–H groups in total. The minimum absolute atomic E-state index is 0.339. The number of ether oxygens (including phenoxy) is 3. The number of hydrogen-bond donors (Lipinski definition) is 0. The lowest BCUT2D eigenvalue weighted by Gasteiger charge is -2.32. The SMILES string of the molecule is CC(C)(C)OC(=O)N1CCC(C(=O)OC2=C(c3cccc4ncccc34)Oc3cc4ccccc4cc3-n3cccc32)CC1. The molecule has 8 heteroatoms. The smallest absolute Gasteiger partial charge is 0.410 e. The quantitative estimate of drug-likeness (QED) is 0.202. The second-order valence-corrected chi connectivity index (χ2v) is 12.2. The molecule has 2 aliphatic heterocycles. The molecule has 0 saturated carbocycles. The lowest BCUT2D eigenvalue weighted by molar-refractivity contribution is -0.143. The summed E-state index contributed by atoms with van der Waals surface area (Å²) in [7, 11) is 0. The van der Waals surface area contributed by atoms with Gasteiger partial charge >= 0.3 is 12.1 Å². The van der Waals surface area contributed by atoms with Gasteiger partial charge in [0.05, 0.1) is 22.8 Å². The van der Waals surface area contributed by atoms with Crippen molar-refractivity contribution < 1.29 is 23.8 Å². The number of likely N-dealkylation sites (tertiary alicyclic amines) is 1. The molecule has 44 heavy (non-hydrogen) atoms. The topological polar surface area (TPSA) is 82.9 Å². The number of nitrogens with zero attached hydrogens (tertiary/aromatic N) is 3. The van der Waals surface area contributed by atoms with Crippen LogP contribution in [0.3, 0.4) is 0 Å². The maximum atomic E-state index is 13.9. The number of hydrogen-bond acceptors (Lipinski definition) is 6. The number of esters is 1. The van der Waals surface area contributed by atoms with Crippen molar-refractivity contribution in [2.24, 2.45) is 5.92 Å². The lowest BCUT2D eigenvalue weighted by Crippen LogP contribution is -2.43. The van der Waals surface area contributed by atoms with Crippen molar-refractivity contribution in [1.82, 2.24) is 14.5 Å². The van der Waals surface area contributed by atoms with Crippen LogP contribution in [0.15, 0.2) is 91.3 Å². The van der Waals surface area contributed by atoms with Gasteiger partial charge in [-0.15, -0.1) is 0 Å². The third-order valence-electron chi connectivity index (χ3n) is 8.06. The zero-order chi connectivity index (χ0) is 30.4. The molecule has 0 atom stereocenters. The highest BCUT2D eigenvalue weighted by atomic mass is 16.6. The number of carbonyl (C=O) groups is 2. The number of rotatable bonds is 3. The van der Waals surface area contributed by atoms with Crippen LogP contribution in [0.2, 0.25) is 0 Å². The molecule has 7 rings (SSSR count). The van der Waals surface area contributed by atoms with E-state index in [0.717, 1.165) is 32.9 Å². The minimum atomic E-state index is -0.579. The number of pyridine rings is 1. The normalized spacial score (nSPS) is 15.4. The van der Waals surface area contributed by atoms with Gasteiger partial charge in [-0.05, 0) is 80.8 Å². The Kier molecular flexibility index (Phi) is 6.84. The molecule has 3 aromatic carbocycles. The maximum Gasteiger partial charge on any atom is 0.410 e. The summed E-state index contributed by atoms with van der Waals surface area (Å²) in [6.07, 6.45) is 4.30. The summed E-state index contributed by atoms with van der Waals surface area (Å²) in [5.41, 5.74) is 2.54. The van der Waals surface area contributed by atoms with Crippen LogP contribution in [-0.2, 0) is 14.3 Å². The molecule has 0 aliphatic carbocycles. The van der Waals surface area contributed by atoms with E-state index in [1.807, 2.05) is 92.2 Å². The van der Waals surface area contributed by atoms with Crippen LogP contribution in [0.4, 0.5) is 4.79 Å². The number of amides is 1. The van der Waals surface area contributed by atoms with Crippen molar-refractivity contribution in [1.29, 1.82) is 0 Å². The van der Waals surface area contributed by atoms with Gasteiger partial charge in [0.1, 0.15) is 5.60 Å². The third kappa shape index (κ3) is 5.17. The molecule has 0 bridgehead atoms. The van der Waals surface area contributed by atoms with Gasteiger partial charge in [0.2, 0.25) is 0 Å². The van der Waals surface area contributed by atoms with E-state index in [0.29, 0.717) is 48.9 Å². The molecule has 5 aromatic rings. The van der Waals surface area contributed by atoms with Crippen LogP contribution < -0.4 is 4.74 Å². The Morgan fingerprint density at radius 2 is 1.68 bits per heavy atom. The summed E-state index contributed by atoms with van der Waals surface area (Å²) in [5, 5.41) is 2.99. The van der Waals surface area contributed by atoms with Gasteiger partial charge in [-0.3, -0.25) is 9.78 Å². The van der Waals surface area contributed by atoms with Crippen molar-refractivity contribution in [2.45, 2.75) is 39.2 Å². The average Bonchev–Trinajstić information content (AvgIpc) is 3.47. The number of aromatic nitrogens is 2. The van der Waals surface area contributed by atoms with E-state index in [9.17, 15) is 9.59 Å². The molecular weight excluding hydrogens is 554 g/mol. The minimum Gasteiger partial charge on any atom is -0.450 e. The standard InChI is InChI=1S/C36H33N3O5/c1-36(2,3)44-35(41)38-19-15-23(16-20-38)34(40)43-33-29-14-8-18-39(29)30-21-24-9-4-5-10-25(24)22-31(30)42-32(33)27-11-6-13-28-26(27)12-7-17-37-28/h4-14,17-18,21-23H,15-16,19-20H2,1-3H3. The van der Waals surface area contributed by atoms with E-state index in [1.165, 1.54) is 0 Å². The fourth-order valence-electron chi connectivity index (χ4n) is 5.91. The van der Waals surface area contributed by atoms with Crippen molar-refractivity contribution in [3.63, 3.8) is 0 Å². The van der Waals surface area contributed by atoms with Crippen LogP contribution in [0.1, 0.15) is 44.9 Å². The maximum absolute atomic E-state index is 13.9. The predicted molar refractivity (Wildman–Crippen MR) is 169 cm³/mol. The van der Waals surface area contributed by atoms with Crippen LogP contribution >= 0.6 is 0 Å². The number of piperidine rings is 1. The van der Waals surface area contributed by atoms with E-state index < -0.39 is 5.60 Å². The molecule has 2 aliphatic rings. The molecule has 1 amide bonds. The zero-order valence-electron chi connectivity index (χ0n) is 24.9. The molecule has 0 spiro atoms. The van der Waals surface area contributed by atoms with Crippen molar-refractivity contribution in [3.05, 3.63) is 103 Å². The summed E-state index contributed by atoms with van der Waals surface area (Å²) in [6, 6.07) is 25.8. The molecule has 4 heterocycles. The van der Waals surface area contributed by atoms with E-state index in [2.05, 4.69) is 23.2 Å². The van der Waals surface area contributed by atoms with Gasteiger partial charge in [-0.25, -0.2) is 4.79 Å². The van der Waals surface area contributed by atoms with Crippen molar-refractivity contribution >= 4 is 45.3 Å².